The van der Waals surface area contributed by atoms with Gasteiger partial charge in [-0.25, -0.2) is 0 Å². The largest absolute Gasteiger partial charge is 0.354 e. The number of fused-ring (bicyclic) bond motifs is 1. The van der Waals surface area contributed by atoms with Crippen molar-refractivity contribution in [1.82, 2.24) is 20.5 Å². The summed E-state index contributed by atoms with van der Waals surface area (Å²) in [6, 6.07) is 3.85. The quantitative estimate of drug-likeness (QED) is 0.826. The standard InChI is InChI=1S/C20H24N4O2S/c1-2-13-3-4-14(22-9-13)10-24-8-6-15-16(12-27-18(15)11-24)19(25)23-17-5-7-21-20(17)26/h3-4,9,12,17H,2,5-8,10-11H2,1H3,(H,21,26)(H,23,25)/t17-/m0/s1. The molecule has 6 nitrogen and oxygen atoms in total. The fourth-order valence-corrected chi connectivity index (χ4v) is 4.78. The predicted octanol–water partition coefficient (Wildman–Crippen LogP) is 1.88. The molecule has 4 rings (SSSR count). The Morgan fingerprint density at radius 1 is 1.44 bits per heavy atom. The highest BCUT2D eigenvalue weighted by Crippen LogP contribution is 2.29. The van der Waals surface area contributed by atoms with Crippen molar-refractivity contribution in [2.24, 2.45) is 0 Å². The zero-order valence-electron chi connectivity index (χ0n) is 15.5. The van der Waals surface area contributed by atoms with Crippen LogP contribution in [-0.4, -0.2) is 40.8 Å². The van der Waals surface area contributed by atoms with Crippen LogP contribution in [0, 0.1) is 0 Å². The van der Waals surface area contributed by atoms with Gasteiger partial charge in [-0.3, -0.25) is 19.5 Å². The summed E-state index contributed by atoms with van der Waals surface area (Å²) in [4.78, 5) is 32.5. The van der Waals surface area contributed by atoms with Crippen LogP contribution in [0.1, 0.15) is 45.4 Å². The van der Waals surface area contributed by atoms with E-state index in [-0.39, 0.29) is 11.8 Å². The summed E-state index contributed by atoms with van der Waals surface area (Å²) in [7, 11) is 0. The zero-order chi connectivity index (χ0) is 18.8. The third-order valence-corrected chi connectivity index (χ3v) is 6.32. The van der Waals surface area contributed by atoms with E-state index in [1.165, 1.54) is 10.4 Å². The highest BCUT2D eigenvalue weighted by molar-refractivity contribution is 7.10. The Bertz CT molecular complexity index is 846. The lowest BCUT2D eigenvalue weighted by Gasteiger charge is -2.27. The summed E-state index contributed by atoms with van der Waals surface area (Å²) in [6.45, 7) is 5.34. The molecule has 0 saturated carbocycles. The highest BCUT2D eigenvalue weighted by Gasteiger charge is 2.29. The lowest BCUT2D eigenvalue weighted by atomic mass is 10.0. The number of carbonyl (C=O) groups excluding carboxylic acids is 2. The number of amides is 2. The van der Waals surface area contributed by atoms with Crippen LogP contribution in [0.3, 0.4) is 0 Å². The maximum absolute atomic E-state index is 12.6. The van der Waals surface area contributed by atoms with Crippen LogP contribution in [0.4, 0.5) is 0 Å². The van der Waals surface area contributed by atoms with E-state index in [0.717, 1.165) is 49.3 Å². The SMILES string of the molecule is CCc1ccc(CN2CCc3c(C(=O)N[C@H]4CCNC4=O)csc3C2)nc1. The van der Waals surface area contributed by atoms with Gasteiger partial charge >= 0.3 is 0 Å². The van der Waals surface area contributed by atoms with Crippen molar-refractivity contribution in [1.29, 1.82) is 0 Å². The molecule has 1 fully saturated rings. The normalized spacial score (nSPS) is 19.6. The lowest BCUT2D eigenvalue weighted by Crippen LogP contribution is -2.40. The molecular weight excluding hydrogens is 360 g/mol. The van der Waals surface area contributed by atoms with Crippen LogP contribution in [0.5, 0.6) is 0 Å². The van der Waals surface area contributed by atoms with E-state index in [4.69, 9.17) is 0 Å². The first kappa shape index (κ1) is 18.1. The van der Waals surface area contributed by atoms with Crippen molar-refractivity contribution in [3.05, 3.63) is 51.0 Å². The second kappa shape index (κ2) is 7.78. The van der Waals surface area contributed by atoms with Crippen molar-refractivity contribution < 1.29 is 9.59 Å². The number of nitrogens with one attached hydrogen (secondary N) is 2. The van der Waals surface area contributed by atoms with Gasteiger partial charge in [-0.1, -0.05) is 13.0 Å². The molecule has 2 aliphatic heterocycles. The third-order valence-electron chi connectivity index (χ3n) is 5.30. The third kappa shape index (κ3) is 3.89. The number of thiophene rings is 1. The number of hydrogen-bond acceptors (Lipinski definition) is 5. The van der Waals surface area contributed by atoms with Gasteiger partial charge in [0.2, 0.25) is 5.91 Å². The van der Waals surface area contributed by atoms with Crippen molar-refractivity contribution in [3.8, 4) is 0 Å². The molecule has 2 amide bonds. The topological polar surface area (TPSA) is 74.3 Å². The number of rotatable bonds is 5. The molecular formula is C20H24N4O2S. The van der Waals surface area contributed by atoms with E-state index in [9.17, 15) is 9.59 Å². The molecule has 2 aromatic rings. The Kier molecular flexibility index (Phi) is 5.22. The fraction of sp³-hybridized carbons (Fsp3) is 0.450. The molecule has 1 saturated heterocycles. The van der Waals surface area contributed by atoms with Crippen LogP contribution in [0.15, 0.2) is 23.7 Å². The molecule has 4 heterocycles. The smallest absolute Gasteiger partial charge is 0.253 e. The lowest BCUT2D eigenvalue weighted by molar-refractivity contribution is -0.120. The molecule has 0 spiro atoms. The summed E-state index contributed by atoms with van der Waals surface area (Å²) in [6.07, 6.45) is 4.47. The summed E-state index contributed by atoms with van der Waals surface area (Å²) in [5, 5.41) is 7.57. The minimum atomic E-state index is -0.398. The number of aromatic nitrogens is 1. The second-order valence-electron chi connectivity index (χ2n) is 7.13. The number of aryl methyl sites for hydroxylation is 1. The highest BCUT2D eigenvalue weighted by atomic mass is 32.1. The molecule has 142 valence electrons. The van der Waals surface area contributed by atoms with Crippen molar-refractivity contribution in [2.75, 3.05) is 13.1 Å². The summed E-state index contributed by atoms with van der Waals surface area (Å²) in [5.41, 5.74) is 4.21. The summed E-state index contributed by atoms with van der Waals surface area (Å²) >= 11 is 1.64. The Balaban J connectivity index is 1.40. The molecule has 0 unspecified atom stereocenters. The Morgan fingerprint density at radius 3 is 3.04 bits per heavy atom. The maximum Gasteiger partial charge on any atom is 0.253 e. The first-order chi connectivity index (χ1) is 13.1. The van der Waals surface area contributed by atoms with E-state index < -0.39 is 6.04 Å². The predicted molar refractivity (Wildman–Crippen MR) is 105 cm³/mol. The van der Waals surface area contributed by atoms with Gasteiger partial charge in [-0.05, 0) is 36.5 Å². The first-order valence-electron chi connectivity index (χ1n) is 9.48. The van der Waals surface area contributed by atoms with Gasteiger partial charge in [0.05, 0.1) is 11.3 Å². The van der Waals surface area contributed by atoms with E-state index in [2.05, 4.69) is 39.6 Å². The van der Waals surface area contributed by atoms with Gasteiger partial charge in [0.1, 0.15) is 6.04 Å². The Labute approximate surface area is 163 Å². The van der Waals surface area contributed by atoms with E-state index in [1.807, 2.05) is 11.6 Å². The molecule has 0 aromatic carbocycles. The van der Waals surface area contributed by atoms with Crippen molar-refractivity contribution >= 4 is 23.2 Å². The maximum atomic E-state index is 12.6. The molecule has 27 heavy (non-hydrogen) atoms. The number of hydrogen-bond donors (Lipinski definition) is 2. The number of pyridine rings is 1. The second-order valence-corrected chi connectivity index (χ2v) is 8.09. The Hall–Kier alpha value is -2.25. The van der Waals surface area contributed by atoms with Gasteiger partial charge in [0, 0.05) is 42.6 Å². The molecule has 0 radical (unpaired) electrons. The van der Waals surface area contributed by atoms with E-state index >= 15 is 0 Å². The minimum absolute atomic E-state index is 0.0831. The number of nitrogens with zero attached hydrogens (tertiary/aromatic N) is 2. The molecule has 2 aromatic heterocycles. The Morgan fingerprint density at radius 2 is 2.33 bits per heavy atom. The monoisotopic (exact) mass is 384 g/mol. The van der Waals surface area contributed by atoms with Gasteiger partial charge in [0.25, 0.3) is 5.91 Å². The van der Waals surface area contributed by atoms with Gasteiger partial charge < -0.3 is 10.6 Å². The average Bonchev–Trinajstić information content (AvgIpc) is 3.28. The molecule has 0 aliphatic carbocycles. The average molecular weight is 385 g/mol. The molecule has 1 atom stereocenters. The van der Waals surface area contributed by atoms with Gasteiger partial charge in [-0.15, -0.1) is 11.3 Å². The van der Waals surface area contributed by atoms with Gasteiger partial charge in [-0.2, -0.15) is 0 Å². The van der Waals surface area contributed by atoms with E-state index in [0.29, 0.717) is 13.0 Å². The summed E-state index contributed by atoms with van der Waals surface area (Å²) < 4.78 is 0. The molecule has 2 N–H and O–H groups in total. The minimum Gasteiger partial charge on any atom is -0.354 e. The van der Waals surface area contributed by atoms with Crippen molar-refractivity contribution in [2.45, 2.75) is 45.3 Å². The fourth-order valence-electron chi connectivity index (χ4n) is 3.66. The number of carbonyl (C=O) groups is 2. The first-order valence-corrected chi connectivity index (χ1v) is 10.4. The molecule has 7 heteroatoms. The van der Waals surface area contributed by atoms with Crippen LogP contribution in [0.25, 0.3) is 0 Å². The molecule has 0 bridgehead atoms. The van der Waals surface area contributed by atoms with E-state index in [1.54, 1.807) is 11.3 Å². The van der Waals surface area contributed by atoms with Crippen LogP contribution < -0.4 is 10.6 Å². The molecule has 2 aliphatic rings. The van der Waals surface area contributed by atoms with Crippen LogP contribution in [0.2, 0.25) is 0 Å². The van der Waals surface area contributed by atoms with Crippen LogP contribution >= 0.6 is 11.3 Å². The van der Waals surface area contributed by atoms with Gasteiger partial charge in [0.15, 0.2) is 0 Å². The van der Waals surface area contributed by atoms with Crippen molar-refractivity contribution in [3.63, 3.8) is 0 Å². The zero-order valence-corrected chi connectivity index (χ0v) is 16.3. The van der Waals surface area contributed by atoms with Crippen LogP contribution in [-0.2, 0) is 30.7 Å². The summed E-state index contributed by atoms with van der Waals surface area (Å²) in [5.74, 6) is -0.208.